The van der Waals surface area contributed by atoms with Gasteiger partial charge in [0.1, 0.15) is 5.76 Å². The maximum atomic E-state index is 12.6. The molecule has 1 fully saturated rings. The molecular weight excluding hydrogens is 356 g/mol. The van der Waals surface area contributed by atoms with Crippen LogP contribution in [-0.4, -0.2) is 62.7 Å². The van der Waals surface area contributed by atoms with E-state index in [1.807, 2.05) is 17.0 Å². The number of likely N-dealkylation sites (tertiary alicyclic amines) is 1. The summed E-state index contributed by atoms with van der Waals surface area (Å²) in [6, 6.07) is 4.20. The standard InChI is InChI=1S/C21H36N4O3/c1-4-17(5-2)20(26)25-13-9-18(10-14-25)24-21(23-12-16-27-3)22-11-8-19-7-6-15-28-19/h6-7,15,17-18H,4-5,8-14,16H2,1-3H3,(H2,22,23,24). The molecule has 158 valence electrons. The SMILES string of the molecule is CCC(CC)C(=O)N1CCC(NC(=NCCOC)NCCc2ccco2)CC1. The van der Waals surface area contributed by atoms with E-state index in [0.717, 1.165) is 63.5 Å². The summed E-state index contributed by atoms with van der Waals surface area (Å²) >= 11 is 0. The Morgan fingerprint density at radius 3 is 2.71 bits per heavy atom. The van der Waals surface area contributed by atoms with Crippen LogP contribution in [0.1, 0.15) is 45.3 Å². The number of guanidine groups is 1. The summed E-state index contributed by atoms with van der Waals surface area (Å²) in [7, 11) is 1.68. The van der Waals surface area contributed by atoms with Gasteiger partial charge in [-0.1, -0.05) is 13.8 Å². The number of hydrogen-bond acceptors (Lipinski definition) is 4. The van der Waals surface area contributed by atoms with Crippen LogP contribution in [0.2, 0.25) is 0 Å². The Labute approximate surface area is 168 Å². The van der Waals surface area contributed by atoms with Crippen LogP contribution >= 0.6 is 0 Å². The van der Waals surface area contributed by atoms with Crippen LogP contribution in [0.4, 0.5) is 0 Å². The lowest BCUT2D eigenvalue weighted by Gasteiger charge is -2.35. The van der Waals surface area contributed by atoms with E-state index in [-0.39, 0.29) is 5.92 Å². The van der Waals surface area contributed by atoms with Crippen molar-refractivity contribution >= 4 is 11.9 Å². The number of carbonyl (C=O) groups is 1. The average Bonchev–Trinajstić information content (AvgIpc) is 3.23. The maximum absolute atomic E-state index is 12.6. The van der Waals surface area contributed by atoms with E-state index in [2.05, 4.69) is 29.5 Å². The van der Waals surface area contributed by atoms with Gasteiger partial charge in [-0.25, -0.2) is 0 Å². The molecule has 1 amide bonds. The van der Waals surface area contributed by atoms with Crippen LogP contribution in [0.25, 0.3) is 0 Å². The molecule has 2 rings (SSSR count). The molecule has 1 saturated heterocycles. The summed E-state index contributed by atoms with van der Waals surface area (Å²) in [4.78, 5) is 19.2. The molecule has 0 aromatic carbocycles. The predicted molar refractivity (Wildman–Crippen MR) is 111 cm³/mol. The van der Waals surface area contributed by atoms with E-state index in [0.29, 0.717) is 25.1 Å². The molecule has 0 atom stereocenters. The Morgan fingerprint density at radius 1 is 1.36 bits per heavy atom. The quantitative estimate of drug-likeness (QED) is 0.363. The summed E-state index contributed by atoms with van der Waals surface area (Å²) in [5.41, 5.74) is 0. The van der Waals surface area contributed by atoms with Crippen LogP contribution in [0.15, 0.2) is 27.8 Å². The minimum Gasteiger partial charge on any atom is -0.469 e. The highest BCUT2D eigenvalue weighted by atomic mass is 16.5. The van der Waals surface area contributed by atoms with E-state index in [1.54, 1.807) is 13.4 Å². The number of ether oxygens (including phenoxy) is 1. The van der Waals surface area contributed by atoms with Crippen molar-refractivity contribution in [2.24, 2.45) is 10.9 Å². The van der Waals surface area contributed by atoms with Gasteiger partial charge in [-0.15, -0.1) is 0 Å². The van der Waals surface area contributed by atoms with Crippen molar-refractivity contribution in [3.05, 3.63) is 24.2 Å². The predicted octanol–water partition coefficient (Wildman–Crippen LogP) is 2.43. The highest BCUT2D eigenvalue weighted by Gasteiger charge is 2.26. The summed E-state index contributed by atoms with van der Waals surface area (Å²) in [6.07, 6.45) is 6.22. The van der Waals surface area contributed by atoms with E-state index < -0.39 is 0 Å². The van der Waals surface area contributed by atoms with E-state index in [1.165, 1.54) is 0 Å². The van der Waals surface area contributed by atoms with Gasteiger partial charge < -0.3 is 24.7 Å². The molecule has 2 N–H and O–H groups in total. The Kier molecular flexibility index (Phi) is 9.90. The first-order chi connectivity index (χ1) is 13.7. The minimum absolute atomic E-state index is 0.166. The van der Waals surface area contributed by atoms with Gasteiger partial charge >= 0.3 is 0 Å². The lowest BCUT2D eigenvalue weighted by Crippen LogP contribution is -2.51. The molecule has 7 nitrogen and oxygen atoms in total. The number of amides is 1. The zero-order valence-electron chi connectivity index (χ0n) is 17.6. The number of carbonyl (C=O) groups excluding carboxylic acids is 1. The largest absolute Gasteiger partial charge is 0.469 e. The van der Waals surface area contributed by atoms with Crippen molar-refractivity contribution in [3.63, 3.8) is 0 Å². The zero-order chi connectivity index (χ0) is 20.2. The number of nitrogens with one attached hydrogen (secondary N) is 2. The third-order valence-electron chi connectivity index (χ3n) is 5.29. The van der Waals surface area contributed by atoms with Crippen molar-refractivity contribution in [2.75, 3.05) is 39.9 Å². The van der Waals surface area contributed by atoms with E-state index in [9.17, 15) is 4.79 Å². The monoisotopic (exact) mass is 392 g/mol. The van der Waals surface area contributed by atoms with Gasteiger partial charge in [-0.3, -0.25) is 9.79 Å². The van der Waals surface area contributed by atoms with Gasteiger partial charge in [-0.05, 0) is 37.8 Å². The third kappa shape index (κ3) is 7.19. The van der Waals surface area contributed by atoms with Crippen molar-refractivity contribution in [1.82, 2.24) is 15.5 Å². The van der Waals surface area contributed by atoms with E-state index >= 15 is 0 Å². The molecule has 1 aromatic heterocycles. The van der Waals surface area contributed by atoms with Gasteiger partial charge in [0, 0.05) is 45.1 Å². The van der Waals surface area contributed by atoms with Crippen LogP contribution in [-0.2, 0) is 16.0 Å². The summed E-state index contributed by atoms with van der Waals surface area (Å²) in [6.45, 7) is 7.76. The van der Waals surface area contributed by atoms with Crippen LogP contribution in [0.3, 0.4) is 0 Å². The van der Waals surface area contributed by atoms with Crippen LogP contribution in [0.5, 0.6) is 0 Å². The fourth-order valence-electron chi connectivity index (χ4n) is 3.49. The number of furan rings is 1. The van der Waals surface area contributed by atoms with Crippen molar-refractivity contribution in [2.45, 2.75) is 52.0 Å². The number of nitrogens with zero attached hydrogens (tertiary/aromatic N) is 2. The molecule has 2 heterocycles. The van der Waals surface area contributed by atoms with Crippen LogP contribution in [0, 0.1) is 5.92 Å². The molecule has 28 heavy (non-hydrogen) atoms. The number of piperidine rings is 1. The second kappa shape index (κ2) is 12.4. The second-order valence-electron chi connectivity index (χ2n) is 7.24. The highest BCUT2D eigenvalue weighted by Crippen LogP contribution is 2.17. The van der Waals surface area contributed by atoms with Crippen molar-refractivity contribution in [1.29, 1.82) is 0 Å². The molecule has 0 saturated carbocycles. The number of aliphatic imine (C=N–C) groups is 1. The highest BCUT2D eigenvalue weighted by molar-refractivity contribution is 5.80. The fraction of sp³-hybridized carbons (Fsp3) is 0.714. The van der Waals surface area contributed by atoms with Gasteiger partial charge in [0.2, 0.25) is 5.91 Å². The summed E-state index contributed by atoms with van der Waals surface area (Å²) in [5, 5.41) is 6.90. The number of methoxy groups -OCH3 is 1. The molecule has 1 aromatic rings. The Hall–Kier alpha value is -2.02. The Morgan fingerprint density at radius 2 is 2.11 bits per heavy atom. The molecule has 0 aliphatic carbocycles. The lowest BCUT2D eigenvalue weighted by molar-refractivity contribution is -0.136. The molecule has 1 aliphatic heterocycles. The smallest absolute Gasteiger partial charge is 0.225 e. The third-order valence-corrected chi connectivity index (χ3v) is 5.29. The average molecular weight is 393 g/mol. The van der Waals surface area contributed by atoms with Crippen LogP contribution < -0.4 is 10.6 Å². The normalized spacial score (nSPS) is 15.9. The Bertz CT molecular complexity index is 576. The number of hydrogen-bond donors (Lipinski definition) is 2. The fourth-order valence-corrected chi connectivity index (χ4v) is 3.49. The Balaban J connectivity index is 1.81. The molecule has 0 spiro atoms. The lowest BCUT2D eigenvalue weighted by atomic mass is 9.98. The molecular formula is C21H36N4O3. The van der Waals surface area contributed by atoms with Crippen molar-refractivity contribution in [3.8, 4) is 0 Å². The molecule has 0 radical (unpaired) electrons. The summed E-state index contributed by atoms with van der Waals surface area (Å²) < 4.78 is 10.5. The first-order valence-electron chi connectivity index (χ1n) is 10.5. The maximum Gasteiger partial charge on any atom is 0.225 e. The minimum atomic E-state index is 0.166. The molecule has 0 bridgehead atoms. The summed E-state index contributed by atoms with van der Waals surface area (Å²) in [5.74, 6) is 2.23. The van der Waals surface area contributed by atoms with Gasteiger partial charge in [0.15, 0.2) is 5.96 Å². The van der Waals surface area contributed by atoms with E-state index in [4.69, 9.17) is 9.15 Å². The van der Waals surface area contributed by atoms with Gasteiger partial charge in [0.05, 0.1) is 19.4 Å². The number of rotatable bonds is 10. The first kappa shape index (κ1) is 22.3. The molecule has 0 unspecified atom stereocenters. The van der Waals surface area contributed by atoms with Gasteiger partial charge in [0.25, 0.3) is 0 Å². The molecule has 1 aliphatic rings. The van der Waals surface area contributed by atoms with Gasteiger partial charge in [-0.2, -0.15) is 0 Å². The first-order valence-corrected chi connectivity index (χ1v) is 10.5. The molecule has 7 heteroatoms. The van der Waals surface area contributed by atoms with Crippen molar-refractivity contribution < 1.29 is 13.9 Å². The topological polar surface area (TPSA) is 79.1 Å². The second-order valence-corrected chi connectivity index (χ2v) is 7.24. The zero-order valence-corrected chi connectivity index (χ0v) is 17.6.